The van der Waals surface area contributed by atoms with Crippen LogP contribution in [0.25, 0.3) is 0 Å². The number of nitrogens with two attached hydrogens (primary N) is 1. The van der Waals surface area contributed by atoms with Gasteiger partial charge >= 0.3 is 0 Å². The summed E-state index contributed by atoms with van der Waals surface area (Å²) in [4.78, 5) is 11.8. The summed E-state index contributed by atoms with van der Waals surface area (Å²) in [5.74, 6) is 1.37. The molecule has 1 amide bonds. The van der Waals surface area contributed by atoms with Gasteiger partial charge < -0.3 is 11.1 Å². The van der Waals surface area contributed by atoms with E-state index in [9.17, 15) is 4.79 Å². The van der Waals surface area contributed by atoms with Gasteiger partial charge in [-0.25, -0.2) is 0 Å². The van der Waals surface area contributed by atoms with Crippen molar-refractivity contribution < 1.29 is 4.79 Å². The van der Waals surface area contributed by atoms with Gasteiger partial charge in [0.15, 0.2) is 0 Å². The number of carbonyl (C=O) groups is 1. The fraction of sp³-hybridized carbons (Fsp3) is 0.929. The zero-order chi connectivity index (χ0) is 12.1. The molecule has 2 unspecified atom stereocenters. The molecular weight excluding hydrogens is 212 g/mol. The van der Waals surface area contributed by atoms with Crippen molar-refractivity contribution in [1.82, 2.24) is 5.32 Å². The molecule has 0 radical (unpaired) electrons. The molecule has 98 valence electrons. The maximum atomic E-state index is 11.8. The minimum atomic E-state index is 0.191. The van der Waals surface area contributed by atoms with E-state index in [0.717, 1.165) is 38.1 Å². The van der Waals surface area contributed by atoms with E-state index in [1.54, 1.807) is 0 Å². The van der Waals surface area contributed by atoms with E-state index in [1.807, 2.05) is 0 Å². The molecule has 0 saturated heterocycles. The van der Waals surface area contributed by atoms with Crippen molar-refractivity contribution in [3.8, 4) is 0 Å². The normalized spacial score (nSPS) is 29.7. The standard InChI is InChI=1S/C14H26N2O/c15-13-8-7-12(10-13)14(17)16-9-3-6-11-4-1-2-5-11/h11-13H,1-10,15H2,(H,16,17). The van der Waals surface area contributed by atoms with Gasteiger partial charge in [0.05, 0.1) is 0 Å². The van der Waals surface area contributed by atoms with Crippen LogP contribution in [0.2, 0.25) is 0 Å². The molecular formula is C14H26N2O. The first-order valence-corrected chi connectivity index (χ1v) is 7.29. The van der Waals surface area contributed by atoms with Crippen molar-refractivity contribution in [3.05, 3.63) is 0 Å². The number of carbonyl (C=O) groups excluding carboxylic acids is 1. The van der Waals surface area contributed by atoms with Crippen molar-refractivity contribution in [2.45, 2.75) is 63.8 Å². The molecule has 17 heavy (non-hydrogen) atoms. The van der Waals surface area contributed by atoms with Crippen molar-refractivity contribution >= 4 is 5.91 Å². The lowest BCUT2D eigenvalue weighted by Gasteiger charge is -2.12. The third-order valence-electron chi connectivity index (χ3n) is 4.41. The van der Waals surface area contributed by atoms with Crippen LogP contribution in [-0.2, 0) is 4.79 Å². The average molecular weight is 238 g/mol. The van der Waals surface area contributed by atoms with Crippen molar-refractivity contribution in [1.29, 1.82) is 0 Å². The van der Waals surface area contributed by atoms with Crippen LogP contribution in [0.15, 0.2) is 0 Å². The number of hydrogen-bond donors (Lipinski definition) is 2. The SMILES string of the molecule is NC1CCC(C(=O)NCCCC2CCCC2)C1. The molecule has 2 atom stereocenters. The summed E-state index contributed by atoms with van der Waals surface area (Å²) in [5, 5.41) is 3.07. The summed E-state index contributed by atoms with van der Waals surface area (Å²) in [7, 11) is 0. The Morgan fingerprint density at radius 3 is 2.59 bits per heavy atom. The first-order chi connectivity index (χ1) is 8.25. The molecule has 2 aliphatic carbocycles. The fourth-order valence-electron chi connectivity index (χ4n) is 3.30. The highest BCUT2D eigenvalue weighted by molar-refractivity contribution is 5.78. The average Bonchev–Trinajstić information content (AvgIpc) is 2.95. The van der Waals surface area contributed by atoms with Gasteiger partial charge in [-0.3, -0.25) is 4.79 Å². The molecule has 0 bridgehead atoms. The molecule has 0 aliphatic heterocycles. The summed E-state index contributed by atoms with van der Waals surface area (Å²) in [5.41, 5.74) is 5.82. The van der Waals surface area contributed by atoms with E-state index in [0.29, 0.717) is 0 Å². The van der Waals surface area contributed by atoms with Gasteiger partial charge in [-0.15, -0.1) is 0 Å². The van der Waals surface area contributed by atoms with Gasteiger partial charge in [0.25, 0.3) is 0 Å². The Morgan fingerprint density at radius 2 is 1.94 bits per heavy atom. The van der Waals surface area contributed by atoms with Gasteiger partial charge in [0, 0.05) is 18.5 Å². The van der Waals surface area contributed by atoms with Gasteiger partial charge in [-0.05, 0) is 38.0 Å². The molecule has 3 heteroatoms. The van der Waals surface area contributed by atoms with Crippen LogP contribution in [0.4, 0.5) is 0 Å². The minimum absolute atomic E-state index is 0.191. The molecule has 2 rings (SSSR count). The second-order valence-electron chi connectivity index (χ2n) is 5.85. The lowest BCUT2D eigenvalue weighted by molar-refractivity contribution is -0.124. The van der Waals surface area contributed by atoms with Gasteiger partial charge in [0.1, 0.15) is 0 Å². The monoisotopic (exact) mass is 238 g/mol. The van der Waals surface area contributed by atoms with E-state index in [2.05, 4.69) is 5.32 Å². The summed E-state index contributed by atoms with van der Waals surface area (Å²) in [6.45, 7) is 0.862. The van der Waals surface area contributed by atoms with Crippen LogP contribution >= 0.6 is 0 Å². The van der Waals surface area contributed by atoms with Gasteiger partial charge in [0.2, 0.25) is 5.91 Å². The molecule has 2 fully saturated rings. The largest absolute Gasteiger partial charge is 0.356 e. The maximum Gasteiger partial charge on any atom is 0.223 e. The maximum absolute atomic E-state index is 11.8. The molecule has 0 aromatic heterocycles. The lowest BCUT2D eigenvalue weighted by Crippen LogP contribution is -2.31. The van der Waals surface area contributed by atoms with Crippen LogP contribution in [0, 0.1) is 11.8 Å². The quantitative estimate of drug-likeness (QED) is 0.721. The summed E-state index contributed by atoms with van der Waals surface area (Å²) < 4.78 is 0. The number of nitrogens with one attached hydrogen (secondary N) is 1. The van der Waals surface area contributed by atoms with Crippen LogP contribution in [-0.4, -0.2) is 18.5 Å². The number of amides is 1. The Labute approximate surface area is 105 Å². The van der Waals surface area contributed by atoms with E-state index in [1.165, 1.54) is 32.1 Å². The smallest absolute Gasteiger partial charge is 0.223 e. The summed E-state index contributed by atoms with van der Waals surface area (Å²) in [6.07, 6.45) is 11.0. The topological polar surface area (TPSA) is 55.1 Å². The second kappa shape index (κ2) is 6.39. The Kier molecular flexibility index (Phi) is 4.84. The Morgan fingerprint density at radius 1 is 1.18 bits per heavy atom. The third-order valence-corrected chi connectivity index (χ3v) is 4.41. The van der Waals surface area contributed by atoms with Crippen LogP contribution in [0.1, 0.15) is 57.8 Å². The fourth-order valence-corrected chi connectivity index (χ4v) is 3.30. The van der Waals surface area contributed by atoms with Crippen molar-refractivity contribution in [3.63, 3.8) is 0 Å². The highest BCUT2D eigenvalue weighted by atomic mass is 16.1. The highest BCUT2D eigenvalue weighted by Gasteiger charge is 2.27. The van der Waals surface area contributed by atoms with Crippen LogP contribution < -0.4 is 11.1 Å². The predicted molar refractivity (Wildman–Crippen MR) is 69.5 cm³/mol. The van der Waals surface area contributed by atoms with Crippen LogP contribution in [0.5, 0.6) is 0 Å². The predicted octanol–water partition coefficient (Wildman–Crippen LogP) is 2.20. The molecule has 2 aliphatic rings. The first kappa shape index (κ1) is 12.9. The minimum Gasteiger partial charge on any atom is -0.356 e. The van der Waals surface area contributed by atoms with Crippen molar-refractivity contribution in [2.24, 2.45) is 17.6 Å². The van der Waals surface area contributed by atoms with Gasteiger partial charge in [-0.1, -0.05) is 25.7 Å². The van der Waals surface area contributed by atoms with Crippen LogP contribution in [0.3, 0.4) is 0 Å². The Balaban J connectivity index is 1.53. The zero-order valence-corrected chi connectivity index (χ0v) is 10.8. The Bertz CT molecular complexity index is 249. The zero-order valence-electron chi connectivity index (χ0n) is 10.8. The number of hydrogen-bond acceptors (Lipinski definition) is 2. The first-order valence-electron chi connectivity index (χ1n) is 7.29. The summed E-state index contributed by atoms with van der Waals surface area (Å²) in [6, 6.07) is 0.254. The molecule has 0 aromatic rings. The highest BCUT2D eigenvalue weighted by Crippen LogP contribution is 2.28. The van der Waals surface area contributed by atoms with E-state index in [-0.39, 0.29) is 17.9 Å². The molecule has 0 spiro atoms. The molecule has 0 heterocycles. The third kappa shape index (κ3) is 3.98. The molecule has 2 saturated carbocycles. The van der Waals surface area contributed by atoms with Gasteiger partial charge in [-0.2, -0.15) is 0 Å². The lowest BCUT2D eigenvalue weighted by atomic mass is 10.0. The van der Waals surface area contributed by atoms with Crippen molar-refractivity contribution in [2.75, 3.05) is 6.54 Å². The van der Waals surface area contributed by atoms with E-state index < -0.39 is 0 Å². The van der Waals surface area contributed by atoms with E-state index >= 15 is 0 Å². The number of rotatable bonds is 5. The molecule has 0 aromatic carbocycles. The second-order valence-corrected chi connectivity index (χ2v) is 5.85. The van der Waals surface area contributed by atoms with E-state index in [4.69, 9.17) is 5.73 Å². The Hall–Kier alpha value is -0.570. The molecule has 3 nitrogen and oxygen atoms in total. The molecule has 3 N–H and O–H groups in total. The summed E-state index contributed by atoms with van der Waals surface area (Å²) >= 11 is 0.